The van der Waals surface area contributed by atoms with E-state index >= 15 is 0 Å². The normalized spacial score (nSPS) is 10.2. The topological polar surface area (TPSA) is 122 Å². The molecule has 0 spiro atoms. The molecule has 0 saturated heterocycles. The summed E-state index contributed by atoms with van der Waals surface area (Å²) < 4.78 is 2.57. The Morgan fingerprint density at radius 2 is 1.41 bits per heavy atom. The van der Waals surface area contributed by atoms with Gasteiger partial charge in [-0.2, -0.15) is 0 Å². The number of aryl methyl sites for hydroxylation is 1. The van der Waals surface area contributed by atoms with E-state index in [1.165, 1.54) is 8.52 Å². The third-order valence-corrected chi connectivity index (χ3v) is 5.67. The zero-order chi connectivity index (χ0) is 24.8. The second-order valence-electron chi connectivity index (χ2n) is 7.57. The molecule has 0 aliphatic heterocycles. The smallest absolute Gasteiger partial charge is 0.326 e. The molecule has 0 aliphatic carbocycles. The molecule has 34 heavy (non-hydrogen) atoms. The Hall–Kier alpha value is -3.50. The van der Waals surface area contributed by atoms with E-state index in [1.807, 2.05) is 60.7 Å². The van der Waals surface area contributed by atoms with Crippen molar-refractivity contribution in [2.45, 2.75) is 45.1 Å². The van der Waals surface area contributed by atoms with E-state index in [4.69, 9.17) is 5.21 Å². The van der Waals surface area contributed by atoms with Gasteiger partial charge in [0.2, 0.25) is 11.8 Å². The van der Waals surface area contributed by atoms with Gasteiger partial charge in [-0.25, -0.2) is 18.8 Å². The lowest BCUT2D eigenvalue weighted by Crippen LogP contribution is -2.28. The van der Waals surface area contributed by atoms with E-state index in [9.17, 15) is 19.2 Å². The number of para-hydroxylation sites is 1. The van der Waals surface area contributed by atoms with E-state index in [2.05, 4.69) is 5.32 Å². The highest BCUT2D eigenvalue weighted by atomic mass is 32.1. The largest absolute Gasteiger partial charge is 0.341 e. The number of rotatable bonds is 10. The quantitative estimate of drug-likeness (QED) is 0.231. The number of hydrogen-bond donors (Lipinski definition) is 3. The predicted molar refractivity (Wildman–Crippen MR) is 132 cm³/mol. The molecule has 0 saturated carbocycles. The molecular formula is C24H30N4O5S. The van der Waals surface area contributed by atoms with Crippen molar-refractivity contribution in [1.82, 2.24) is 14.0 Å². The number of hydrogen-bond acceptors (Lipinski definition) is 6. The number of hydroxylamine groups is 1. The lowest BCUT2D eigenvalue weighted by atomic mass is 10.1. The molecule has 2 amide bonds. The Kier molecular flexibility index (Phi) is 11.5. The number of aromatic nitrogens is 2. The molecule has 0 aliphatic rings. The van der Waals surface area contributed by atoms with E-state index in [-0.39, 0.29) is 22.4 Å². The van der Waals surface area contributed by atoms with Gasteiger partial charge in [-0.3, -0.25) is 19.6 Å². The molecule has 9 nitrogen and oxygen atoms in total. The lowest BCUT2D eigenvalue weighted by Gasteiger charge is -2.04. The van der Waals surface area contributed by atoms with Crippen LogP contribution in [0.25, 0.3) is 0 Å². The Morgan fingerprint density at radius 3 is 1.94 bits per heavy atom. The van der Waals surface area contributed by atoms with Crippen LogP contribution < -0.4 is 21.4 Å². The van der Waals surface area contributed by atoms with Crippen LogP contribution >= 0.6 is 11.5 Å². The first-order valence-electron chi connectivity index (χ1n) is 11.0. The minimum atomic E-state index is -0.359. The van der Waals surface area contributed by atoms with Crippen molar-refractivity contribution >= 4 is 29.0 Å². The summed E-state index contributed by atoms with van der Waals surface area (Å²) >= 11 is 0.927. The molecule has 0 atom stereocenters. The van der Waals surface area contributed by atoms with Crippen LogP contribution in [-0.2, 0) is 23.2 Å². The number of benzene rings is 2. The van der Waals surface area contributed by atoms with Crippen LogP contribution in [0.15, 0.2) is 70.3 Å². The second kappa shape index (κ2) is 14.6. The first-order valence-corrected chi connectivity index (χ1v) is 11.8. The fourth-order valence-corrected chi connectivity index (χ4v) is 3.73. The summed E-state index contributed by atoms with van der Waals surface area (Å²) in [5.74, 6) is -0.346. The molecule has 0 bridgehead atoms. The SMILES string of the molecule is Cn1sc(=O)n(Cc2ccccc2)c1=O.O=C(CCCCCCC(=O)Nc1ccccc1)NO. The van der Waals surface area contributed by atoms with E-state index < -0.39 is 0 Å². The number of nitrogens with one attached hydrogen (secondary N) is 2. The molecule has 0 unspecified atom stereocenters. The van der Waals surface area contributed by atoms with Gasteiger partial charge in [0.1, 0.15) is 0 Å². The Labute approximate surface area is 201 Å². The summed E-state index contributed by atoms with van der Waals surface area (Å²) in [6.45, 7) is 0.343. The standard InChI is InChI=1S/C14H20N2O3.C10H10N2O2S/c17-13(15-12-8-4-3-5-9-12)10-6-1-2-7-11-14(18)16-19;1-11-9(13)12(10(14)15-11)7-8-5-3-2-4-6-8/h3-5,8-9,19H,1-2,6-7,10-11H2,(H,15,17)(H,16,18);2-6H,7H2,1H3. The van der Waals surface area contributed by atoms with Crippen molar-refractivity contribution in [3.8, 4) is 0 Å². The first-order chi connectivity index (χ1) is 16.4. The Morgan fingerprint density at radius 1 is 0.853 bits per heavy atom. The summed E-state index contributed by atoms with van der Waals surface area (Å²) in [5, 5.41) is 11.1. The van der Waals surface area contributed by atoms with Crippen molar-refractivity contribution in [3.63, 3.8) is 0 Å². The number of carbonyl (C=O) groups is 2. The van der Waals surface area contributed by atoms with Gasteiger partial charge in [0.05, 0.1) is 6.54 Å². The zero-order valence-electron chi connectivity index (χ0n) is 19.1. The molecular weight excluding hydrogens is 456 g/mol. The summed E-state index contributed by atoms with van der Waals surface area (Å²) in [6.07, 6.45) is 4.13. The summed E-state index contributed by atoms with van der Waals surface area (Å²) in [7, 11) is 1.59. The highest BCUT2D eigenvalue weighted by molar-refractivity contribution is 7.03. The van der Waals surface area contributed by atoms with E-state index in [0.717, 1.165) is 48.5 Å². The third-order valence-electron chi connectivity index (χ3n) is 4.86. The van der Waals surface area contributed by atoms with Crippen LogP contribution in [-0.4, -0.2) is 25.5 Å². The van der Waals surface area contributed by atoms with Crippen molar-refractivity contribution in [2.24, 2.45) is 7.05 Å². The molecule has 0 radical (unpaired) electrons. The minimum absolute atomic E-state index is 0.0132. The predicted octanol–water partition coefficient (Wildman–Crippen LogP) is 3.13. The number of carbonyl (C=O) groups excluding carboxylic acids is 2. The highest BCUT2D eigenvalue weighted by Gasteiger charge is 2.07. The van der Waals surface area contributed by atoms with Crippen molar-refractivity contribution in [3.05, 3.63) is 86.4 Å². The van der Waals surface area contributed by atoms with Gasteiger partial charge in [0, 0.05) is 37.1 Å². The summed E-state index contributed by atoms with van der Waals surface area (Å²) in [4.78, 5) is 45.1. The van der Waals surface area contributed by atoms with Gasteiger partial charge in [0.25, 0.3) is 0 Å². The molecule has 3 aromatic rings. The van der Waals surface area contributed by atoms with E-state index in [1.54, 1.807) is 12.5 Å². The van der Waals surface area contributed by atoms with Crippen LogP contribution in [0.1, 0.15) is 44.1 Å². The van der Waals surface area contributed by atoms with Gasteiger partial charge >= 0.3 is 10.6 Å². The number of anilines is 1. The zero-order valence-corrected chi connectivity index (χ0v) is 19.9. The van der Waals surface area contributed by atoms with Gasteiger partial charge in [0.15, 0.2) is 0 Å². The van der Waals surface area contributed by atoms with Crippen LogP contribution in [0.2, 0.25) is 0 Å². The minimum Gasteiger partial charge on any atom is -0.326 e. The molecule has 182 valence electrons. The maximum Gasteiger partial charge on any atom is 0.341 e. The first kappa shape index (κ1) is 26.7. The number of amides is 2. The van der Waals surface area contributed by atoms with Gasteiger partial charge < -0.3 is 5.32 Å². The van der Waals surface area contributed by atoms with Crippen LogP contribution in [0, 0.1) is 0 Å². The average molecular weight is 487 g/mol. The number of nitrogens with zero attached hydrogens (tertiary/aromatic N) is 2. The fraction of sp³-hybridized carbons (Fsp3) is 0.333. The average Bonchev–Trinajstić information content (AvgIpc) is 3.08. The van der Waals surface area contributed by atoms with Gasteiger partial charge in [-0.1, -0.05) is 61.4 Å². The Bertz CT molecular complexity index is 1140. The van der Waals surface area contributed by atoms with Crippen LogP contribution in [0.4, 0.5) is 5.69 Å². The monoisotopic (exact) mass is 486 g/mol. The van der Waals surface area contributed by atoms with Gasteiger partial charge in [-0.15, -0.1) is 0 Å². The molecule has 3 N–H and O–H groups in total. The second-order valence-corrected chi connectivity index (χ2v) is 8.65. The summed E-state index contributed by atoms with van der Waals surface area (Å²) in [5.41, 5.74) is 3.11. The molecule has 1 aromatic heterocycles. The number of unbranched alkanes of at least 4 members (excludes halogenated alkanes) is 3. The van der Waals surface area contributed by atoms with Gasteiger partial charge in [-0.05, 0) is 30.5 Å². The summed E-state index contributed by atoms with van der Waals surface area (Å²) in [6, 6.07) is 18.8. The van der Waals surface area contributed by atoms with Crippen molar-refractivity contribution in [2.75, 3.05) is 5.32 Å². The lowest BCUT2D eigenvalue weighted by molar-refractivity contribution is -0.129. The van der Waals surface area contributed by atoms with Crippen LogP contribution in [0.5, 0.6) is 0 Å². The van der Waals surface area contributed by atoms with Crippen molar-refractivity contribution in [1.29, 1.82) is 0 Å². The molecule has 0 fully saturated rings. The molecule has 1 heterocycles. The van der Waals surface area contributed by atoms with E-state index in [0.29, 0.717) is 19.4 Å². The molecule has 3 rings (SSSR count). The maximum atomic E-state index is 11.6. The fourth-order valence-electron chi connectivity index (χ4n) is 3.08. The van der Waals surface area contributed by atoms with Crippen LogP contribution in [0.3, 0.4) is 0 Å². The maximum absolute atomic E-state index is 11.6. The molecule has 10 heteroatoms. The highest BCUT2D eigenvalue weighted by Crippen LogP contribution is 2.09. The molecule has 2 aromatic carbocycles. The van der Waals surface area contributed by atoms with Crippen molar-refractivity contribution < 1.29 is 14.8 Å². The third kappa shape index (κ3) is 9.55. The Balaban J connectivity index is 0.000000246.